The summed E-state index contributed by atoms with van der Waals surface area (Å²) < 4.78 is 30.6. The van der Waals surface area contributed by atoms with Gasteiger partial charge in [-0.2, -0.15) is 0 Å². The lowest BCUT2D eigenvalue weighted by Crippen LogP contribution is -2.59. The number of ether oxygens (including phenoxy) is 1. The van der Waals surface area contributed by atoms with Gasteiger partial charge >= 0.3 is 0 Å². The third-order valence-electron chi connectivity index (χ3n) is 5.55. The van der Waals surface area contributed by atoms with Crippen LogP contribution in [-0.4, -0.2) is 19.7 Å². The van der Waals surface area contributed by atoms with Crippen molar-refractivity contribution in [3.8, 4) is 5.75 Å². The summed E-state index contributed by atoms with van der Waals surface area (Å²) in [6.07, 6.45) is 6.66. The van der Waals surface area contributed by atoms with Gasteiger partial charge in [-0.3, -0.25) is 0 Å². The molecule has 1 saturated carbocycles. The molecule has 3 atom stereocenters. The fourth-order valence-electron chi connectivity index (χ4n) is 4.75. The van der Waals surface area contributed by atoms with Gasteiger partial charge in [0.05, 0.1) is 11.2 Å². The number of fused-ring (bicyclic) bond motifs is 1. The summed E-state index contributed by atoms with van der Waals surface area (Å²) in [4.78, 5) is 0. The molecule has 0 amide bonds. The van der Waals surface area contributed by atoms with Crippen molar-refractivity contribution in [2.45, 2.75) is 50.0 Å². The summed E-state index contributed by atoms with van der Waals surface area (Å²) in [7, 11) is 1.52. The summed E-state index contributed by atoms with van der Waals surface area (Å²) in [6.45, 7) is 0.998. The third kappa shape index (κ3) is 1.59. The smallest absolute Gasteiger partial charge is 0.119 e. The maximum atomic E-state index is 8.65. The van der Waals surface area contributed by atoms with E-state index in [1.807, 2.05) is 0 Å². The molecule has 1 saturated heterocycles. The van der Waals surface area contributed by atoms with E-state index in [4.69, 9.17) is 8.85 Å². The SMILES string of the molecule is [2H]c1c([2H])c(OC)c([2H])c2c1C[C@H]1NCC[C@@]23CCCC[C@@H]13. The van der Waals surface area contributed by atoms with Crippen molar-refractivity contribution in [2.75, 3.05) is 13.7 Å². The summed E-state index contributed by atoms with van der Waals surface area (Å²) in [5.74, 6) is 0.867. The van der Waals surface area contributed by atoms with Gasteiger partial charge in [0, 0.05) is 11.5 Å². The minimum atomic E-state index is 0.0373. The highest BCUT2D eigenvalue weighted by atomic mass is 16.5. The fourth-order valence-corrected chi connectivity index (χ4v) is 4.75. The van der Waals surface area contributed by atoms with E-state index in [0.717, 1.165) is 36.9 Å². The molecule has 1 aliphatic heterocycles. The lowest BCUT2D eigenvalue weighted by atomic mass is 9.53. The Morgan fingerprint density at radius 3 is 3.21 bits per heavy atom. The van der Waals surface area contributed by atoms with Crippen molar-refractivity contribution >= 4 is 0 Å². The van der Waals surface area contributed by atoms with E-state index in [-0.39, 0.29) is 17.5 Å². The van der Waals surface area contributed by atoms with E-state index in [1.54, 1.807) is 0 Å². The minimum absolute atomic E-state index is 0.0373. The number of nitrogens with one attached hydrogen (secondary N) is 1. The van der Waals surface area contributed by atoms with Crippen molar-refractivity contribution in [1.29, 1.82) is 0 Å². The maximum absolute atomic E-state index is 8.65. The van der Waals surface area contributed by atoms with Gasteiger partial charge in [0.2, 0.25) is 0 Å². The number of rotatable bonds is 1. The molecule has 2 bridgehead atoms. The summed E-state index contributed by atoms with van der Waals surface area (Å²) in [6, 6.07) is 1.15. The highest BCUT2D eigenvalue weighted by molar-refractivity contribution is 5.45. The van der Waals surface area contributed by atoms with E-state index < -0.39 is 0 Å². The second-order valence-corrected chi connectivity index (χ2v) is 6.28. The Kier molecular flexibility index (Phi) is 2.01. The van der Waals surface area contributed by atoms with E-state index in [1.165, 1.54) is 26.4 Å². The van der Waals surface area contributed by atoms with E-state index in [2.05, 4.69) is 5.32 Å². The first kappa shape index (κ1) is 9.02. The molecule has 2 nitrogen and oxygen atoms in total. The van der Waals surface area contributed by atoms with Gasteiger partial charge in [0.25, 0.3) is 0 Å². The quantitative estimate of drug-likeness (QED) is 0.838. The van der Waals surface area contributed by atoms with Crippen LogP contribution in [0.2, 0.25) is 0 Å². The topological polar surface area (TPSA) is 21.3 Å². The van der Waals surface area contributed by atoms with Crippen LogP contribution in [0.1, 0.15) is 47.3 Å². The highest BCUT2D eigenvalue weighted by Gasteiger charge is 2.51. The zero-order valence-corrected chi connectivity index (χ0v) is 11.5. The molecule has 102 valence electrons. The largest absolute Gasteiger partial charge is 0.497 e. The molecule has 2 aliphatic carbocycles. The van der Waals surface area contributed by atoms with E-state index in [9.17, 15) is 0 Å². The van der Waals surface area contributed by atoms with Gasteiger partial charge in [0.15, 0.2) is 0 Å². The van der Waals surface area contributed by atoms with Crippen LogP contribution in [0.5, 0.6) is 5.75 Å². The van der Waals surface area contributed by atoms with E-state index >= 15 is 0 Å². The first-order valence-electron chi connectivity index (χ1n) is 9.00. The Hall–Kier alpha value is -1.02. The lowest BCUT2D eigenvalue weighted by molar-refractivity contribution is 0.0795. The Balaban J connectivity index is 2.01. The van der Waals surface area contributed by atoms with Crippen molar-refractivity contribution in [3.05, 3.63) is 29.3 Å². The number of benzene rings is 1. The second kappa shape index (κ2) is 4.24. The first-order chi connectivity index (χ1) is 10.6. The molecule has 0 spiro atoms. The predicted octanol–water partition coefficient (Wildman–Crippen LogP) is 3.04. The first-order valence-corrected chi connectivity index (χ1v) is 7.50. The molecule has 0 unspecified atom stereocenters. The zero-order chi connectivity index (χ0) is 15.5. The molecular weight excluding hydrogens is 234 g/mol. The van der Waals surface area contributed by atoms with Crippen LogP contribution in [-0.2, 0) is 11.8 Å². The molecule has 1 N–H and O–H groups in total. The molecular formula is C17H23NO. The highest BCUT2D eigenvalue weighted by Crippen LogP contribution is 2.54. The average molecular weight is 260 g/mol. The van der Waals surface area contributed by atoms with Crippen LogP contribution < -0.4 is 10.1 Å². The molecule has 1 aromatic rings. The summed E-state index contributed by atoms with van der Waals surface area (Å²) in [5.41, 5.74) is 2.02. The molecule has 2 fully saturated rings. The van der Waals surface area contributed by atoms with Crippen molar-refractivity contribution in [1.82, 2.24) is 5.32 Å². The monoisotopic (exact) mass is 260 g/mol. The van der Waals surface area contributed by atoms with Crippen LogP contribution in [0.25, 0.3) is 0 Å². The molecule has 19 heavy (non-hydrogen) atoms. The Bertz CT molecular complexity index is 629. The minimum Gasteiger partial charge on any atom is -0.497 e. The number of hydrogen-bond donors (Lipinski definition) is 1. The van der Waals surface area contributed by atoms with E-state index in [0.29, 0.717) is 23.8 Å². The number of hydrogen-bond acceptors (Lipinski definition) is 2. The van der Waals surface area contributed by atoms with Crippen LogP contribution in [0, 0.1) is 5.92 Å². The molecule has 3 aliphatic rings. The van der Waals surface area contributed by atoms with Gasteiger partial charge in [-0.15, -0.1) is 0 Å². The Morgan fingerprint density at radius 2 is 2.32 bits per heavy atom. The zero-order valence-electron chi connectivity index (χ0n) is 14.5. The normalized spacial score (nSPS) is 38.5. The van der Waals surface area contributed by atoms with Crippen molar-refractivity contribution < 1.29 is 8.85 Å². The molecule has 0 aromatic heterocycles. The predicted molar refractivity (Wildman–Crippen MR) is 76.7 cm³/mol. The van der Waals surface area contributed by atoms with Crippen molar-refractivity contribution in [3.63, 3.8) is 0 Å². The molecule has 4 rings (SSSR count). The summed E-state index contributed by atoms with van der Waals surface area (Å²) >= 11 is 0. The standard InChI is InChI=1S/C17H23NO/c1-19-13-6-5-12-10-16-14-4-2-3-7-17(14,8-9-18-16)15(12)11-13/h5-6,11,14,16,18H,2-4,7-10H2,1H3/t14-,16+,17+/m0/s1/i5D,6D,11D. The van der Waals surface area contributed by atoms with Crippen LogP contribution in [0.4, 0.5) is 0 Å². The average Bonchev–Trinajstić information content (AvgIpc) is 2.52. The van der Waals surface area contributed by atoms with Gasteiger partial charge in [-0.05, 0) is 61.4 Å². The van der Waals surface area contributed by atoms with Crippen LogP contribution in [0.15, 0.2) is 18.1 Å². The molecule has 0 radical (unpaired) electrons. The number of piperidine rings is 1. The van der Waals surface area contributed by atoms with Gasteiger partial charge in [-0.1, -0.05) is 18.9 Å². The number of methoxy groups -OCH3 is 1. The van der Waals surface area contributed by atoms with Gasteiger partial charge < -0.3 is 10.1 Å². The molecule has 1 heterocycles. The summed E-state index contributed by atoms with van der Waals surface area (Å²) in [5, 5.41) is 3.64. The van der Waals surface area contributed by atoms with Gasteiger partial charge in [0.1, 0.15) is 5.75 Å². The lowest BCUT2D eigenvalue weighted by Gasteiger charge is -2.56. The van der Waals surface area contributed by atoms with Gasteiger partial charge in [-0.25, -0.2) is 0 Å². The Labute approximate surface area is 119 Å². The van der Waals surface area contributed by atoms with Crippen LogP contribution >= 0.6 is 0 Å². The molecule has 1 aromatic carbocycles. The maximum Gasteiger partial charge on any atom is 0.119 e. The third-order valence-corrected chi connectivity index (χ3v) is 5.55. The second-order valence-electron chi connectivity index (χ2n) is 6.28. The molecule has 2 heteroatoms. The Morgan fingerprint density at radius 1 is 1.37 bits per heavy atom. The van der Waals surface area contributed by atoms with Crippen LogP contribution in [0.3, 0.4) is 0 Å². The van der Waals surface area contributed by atoms with Crippen molar-refractivity contribution in [2.24, 2.45) is 5.92 Å². The fraction of sp³-hybridized carbons (Fsp3) is 0.647.